The molecule has 0 atom stereocenters. The van der Waals surface area contributed by atoms with E-state index in [4.69, 9.17) is 5.11 Å². The number of benzene rings is 4. The summed E-state index contributed by atoms with van der Waals surface area (Å²) in [4.78, 5) is 24.6. The molecule has 11 heteroatoms. The Balaban J connectivity index is 1.52. The number of amides is 1. The predicted octanol–water partition coefficient (Wildman–Crippen LogP) is 6.68. The highest BCUT2D eigenvalue weighted by atomic mass is 19.4. The van der Waals surface area contributed by atoms with E-state index in [-0.39, 0.29) is 29.8 Å². The van der Waals surface area contributed by atoms with E-state index in [9.17, 15) is 31.5 Å². The molecule has 5 rings (SSSR count). The number of carbonyl (C=O) groups is 2. The van der Waals surface area contributed by atoms with Crippen molar-refractivity contribution in [1.82, 2.24) is 15.1 Å². The van der Waals surface area contributed by atoms with E-state index >= 15 is 0 Å². The number of rotatable bonds is 7. The molecule has 4 aromatic carbocycles. The molecule has 0 saturated carbocycles. The van der Waals surface area contributed by atoms with Crippen molar-refractivity contribution in [3.05, 3.63) is 125 Å². The van der Waals surface area contributed by atoms with Gasteiger partial charge in [0.2, 0.25) is 0 Å². The third kappa shape index (κ3) is 6.08. The zero-order chi connectivity index (χ0) is 29.3. The average Bonchev–Trinajstić information content (AvgIpc) is 3.33. The first kappa shape index (κ1) is 27.5. The molecule has 0 saturated heterocycles. The number of nitrogens with one attached hydrogen (secondary N) is 1. The fourth-order valence-corrected chi connectivity index (χ4v) is 4.43. The van der Waals surface area contributed by atoms with Crippen molar-refractivity contribution in [2.24, 2.45) is 0 Å². The lowest BCUT2D eigenvalue weighted by Crippen LogP contribution is -2.24. The number of fused-ring (bicyclic) bond motifs is 1. The van der Waals surface area contributed by atoms with Crippen molar-refractivity contribution in [2.75, 3.05) is 0 Å². The Hall–Kier alpha value is -5.06. The summed E-state index contributed by atoms with van der Waals surface area (Å²) in [6, 6.07) is 16.5. The summed E-state index contributed by atoms with van der Waals surface area (Å²) in [5.74, 6) is -3.23. The molecular weight excluding hydrogens is 545 g/mol. The second-order valence-electron chi connectivity index (χ2n) is 9.30. The molecular formula is C30H20F5N3O3. The number of halogens is 5. The van der Waals surface area contributed by atoms with Gasteiger partial charge in [0.1, 0.15) is 11.6 Å². The van der Waals surface area contributed by atoms with Crippen LogP contribution in [0.1, 0.15) is 37.4 Å². The standard InChI is InChI=1S/C30H20F5N3O3/c31-24-10-21(11-25(32)13-24)20-9-22-15-37-38(16-18-3-7-23(8-4-18)30(33,34)35)27(22)26(12-20)28(39)36-14-17-1-5-19(6-2-17)29(40)41/h1-13,15H,14,16H2,(H,36,39)(H,40,41). The Morgan fingerprint density at radius 3 is 2.05 bits per heavy atom. The van der Waals surface area contributed by atoms with Crippen molar-refractivity contribution in [2.45, 2.75) is 19.3 Å². The number of carboxylic acids is 1. The van der Waals surface area contributed by atoms with Crippen LogP contribution in [0.15, 0.2) is 85.1 Å². The van der Waals surface area contributed by atoms with Gasteiger partial charge in [0.15, 0.2) is 0 Å². The summed E-state index contributed by atoms with van der Waals surface area (Å²) in [5.41, 5.74) is 1.45. The van der Waals surface area contributed by atoms with Crippen LogP contribution in [0.3, 0.4) is 0 Å². The minimum Gasteiger partial charge on any atom is -0.478 e. The van der Waals surface area contributed by atoms with Crippen molar-refractivity contribution in [3.63, 3.8) is 0 Å². The Kier molecular flexibility index (Phi) is 7.27. The maximum atomic E-state index is 14.0. The summed E-state index contributed by atoms with van der Waals surface area (Å²) in [6.07, 6.45) is -3.02. The topological polar surface area (TPSA) is 84.2 Å². The fraction of sp³-hybridized carbons (Fsp3) is 0.100. The van der Waals surface area contributed by atoms with Gasteiger partial charge in [-0.2, -0.15) is 18.3 Å². The molecule has 1 heterocycles. The van der Waals surface area contributed by atoms with Crippen LogP contribution in [0, 0.1) is 11.6 Å². The van der Waals surface area contributed by atoms with Gasteiger partial charge in [-0.1, -0.05) is 24.3 Å². The SMILES string of the molecule is O=C(O)c1ccc(CNC(=O)c2cc(-c3cc(F)cc(F)c3)cc3cnn(Cc4ccc(C(F)(F)F)cc4)c23)cc1. The highest BCUT2D eigenvalue weighted by Gasteiger charge is 2.30. The summed E-state index contributed by atoms with van der Waals surface area (Å²) < 4.78 is 68.4. The lowest BCUT2D eigenvalue weighted by molar-refractivity contribution is -0.137. The van der Waals surface area contributed by atoms with Gasteiger partial charge in [0.05, 0.1) is 34.9 Å². The van der Waals surface area contributed by atoms with E-state index in [1.807, 2.05) is 0 Å². The minimum atomic E-state index is -4.48. The monoisotopic (exact) mass is 565 g/mol. The molecule has 0 unspecified atom stereocenters. The number of carbonyl (C=O) groups excluding carboxylic acids is 1. The van der Waals surface area contributed by atoms with E-state index in [0.717, 1.165) is 30.3 Å². The van der Waals surface area contributed by atoms with Crippen LogP contribution >= 0.6 is 0 Å². The average molecular weight is 565 g/mol. The molecule has 208 valence electrons. The van der Waals surface area contributed by atoms with Crippen LogP contribution in [-0.2, 0) is 19.3 Å². The maximum absolute atomic E-state index is 14.0. The van der Waals surface area contributed by atoms with Crippen molar-refractivity contribution < 1.29 is 36.6 Å². The fourth-order valence-electron chi connectivity index (χ4n) is 4.43. The quantitative estimate of drug-likeness (QED) is 0.216. The van der Waals surface area contributed by atoms with E-state index in [2.05, 4.69) is 10.4 Å². The largest absolute Gasteiger partial charge is 0.478 e. The second-order valence-corrected chi connectivity index (χ2v) is 9.30. The molecule has 5 aromatic rings. The molecule has 0 radical (unpaired) electrons. The molecule has 0 aliphatic rings. The van der Waals surface area contributed by atoms with Crippen LogP contribution in [0.5, 0.6) is 0 Å². The number of carboxylic acid groups (broad SMARTS) is 1. The molecule has 0 spiro atoms. The lowest BCUT2D eigenvalue weighted by atomic mass is 9.99. The van der Waals surface area contributed by atoms with Gasteiger partial charge in [-0.25, -0.2) is 13.6 Å². The van der Waals surface area contributed by atoms with Gasteiger partial charge in [0.25, 0.3) is 5.91 Å². The summed E-state index contributed by atoms with van der Waals surface area (Å²) in [7, 11) is 0. The number of hydrogen-bond acceptors (Lipinski definition) is 3. The van der Waals surface area contributed by atoms with Gasteiger partial charge in [-0.3, -0.25) is 9.48 Å². The Morgan fingerprint density at radius 1 is 0.829 bits per heavy atom. The molecule has 0 aliphatic heterocycles. The molecule has 1 amide bonds. The van der Waals surface area contributed by atoms with Crippen molar-refractivity contribution in [3.8, 4) is 11.1 Å². The zero-order valence-corrected chi connectivity index (χ0v) is 21.0. The number of alkyl halides is 3. The van der Waals surface area contributed by atoms with E-state index in [1.165, 1.54) is 41.2 Å². The third-order valence-electron chi connectivity index (χ3n) is 6.44. The summed E-state index contributed by atoms with van der Waals surface area (Å²) in [6.45, 7) is 0.0958. The van der Waals surface area contributed by atoms with Gasteiger partial charge >= 0.3 is 12.1 Å². The first-order chi connectivity index (χ1) is 19.5. The van der Waals surface area contributed by atoms with Crippen LogP contribution in [0.4, 0.5) is 22.0 Å². The van der Waals surface area contributed by atoms with Crippen LogP contribution in [-0.4, -0.2) is 26.8 Å². The Labute approximate surface area is 229 Å². The molecule has 0 aliphatic carbocycles. The van der Waals surface area contributed by atoms with Gasteiger partial charge in [-0.05, 0) is 70.8 Å². The Bertz CT molecular complexity index is 1740. The highest BCUT2D eigenvalue weighted by molar-refractivity contribution is 6.07. The number of aromatic carboxylic acids is 1. The second kappa shape index (κ2) is 10.8. The summed E-state index contributed by atoms with van der Waals surface area (Å²) in [5, 5.41) is 16.6. The molecule has 41 heavy (non-hydrogen) atoms. The zero-order valence-electron chi connectivity index (χ0n) is 21.0. The lowest BCUT2D eigenvalue weighted by Gasteiger charge is -2.13. The number of aromatic nitrogens is 2. The van der Waals surface area contributed by atoms with Gasteiger partial charge < -0.3 is 10.4 Å². The first-order valence-electron chi connectivity index (χ1n) is 12.2. The van der Waals surface area contributed by atoms with Crippen molar-refractivity contribution in [1.29, 1.82) is 0 Å². The predicted molar refractivity (Wildman–Crippen MR) is 140 cm³/mol. The van der Waals surface area contributed by atoms with Gasteiger partial charge in [0, 0.05) is 18.0 Å². The number of hydrogen-bond donors (Lipinski definition) is 2. The van der Waals surface area contributed by atoms with Crippen molar-refractivity contribution >= 4 is 22.8 Å². The normalized spacial score (nSPS) is 11.5. The first-order valence-corrected chi connectivity index (χ1v) is 12.2. The summed E-state index contributed by atoms with van der Waals surface area (Å²) >= 11 is 0. The van der Waals surface area contributed by atoms with Crippen LogP contribution in [0.2, 0.25) is 0 Å². The maximum Gasteiger partial charge on any atom is 0.416 e. The third-order valence-corrected chi connectivity index (χ3v) is 6.44. The molecule has 0 bridgehead atoms. The smallest absolute Gasteiger partial charge is 0.416 e. The highest BCUT2D eigenvalue weighted by Crippen LogP contribution is 2.31. The van der Waals surface area contributed by atoms with Crippen LogP contribution < -0.4 is 5.32 Å². The minimum absolute atomic E-state index is 0.0477. The van der Waals surface area contributed by atoms with Crippen LogP contribution in [0.25, 0.3) is 22.0 Å². The van der Waals surface area contributed by atoms with E-state index in [0.29, 0.717) is 27.6 Å². The number of nitrogens with zero attached hydrogens (tertiary/aromatic N) is 2. The van der Waals surface area contributed by atoms with Gasteiger partial charge in [-0.15, -0.1) is 0 Å². The van der Waals surface area contributed by atoms with E-state index in [1.54, 1.807) is 18.2 Å². The van der Waals surface area contributed by atoms with E-state index < -0.39 is 35.3 Å². The Morgan fingerprint density at radius 2 is 1.44 bits per heavy atom. The molecule has 0 fully saturated rings. The molecule has 6 nitrogen and oxygen atoms in total. The molecule has 2 N–H and O–H groups in total. The molecule has 1 aromatic heterocycles.